The van der Waals surface area contributed by atoms with E-state index in [4.69, 9.17) is 0 Å². The second kappa shape index (κ2) is 2.87. The lowest BCUT2D eigenvalue weighted by molar-refractivity contribution is 0.0996. The van der Waals surface area contributed by atoms with Crippen molar-refractivity contribution in [2.24, 2.45) is 0 Å². The van der Waals surface area contributed by atoms with E-state index >= 15 is 0 Å². The second-order valence-electron chi connectivity index (χ2n) is 3.81. The van der Waals surface area contributed by atoms with Crippen molar-refractivity contribution in [3.63, 3.8) is 0 Å². The number of carbonyl (C=O) groups is 1. The Morgan fingerprint density at radius 2 is 1.88 bits per heavy atom. The first-order valence-corrected chi connectivity index (χ1v) is 4.81. The number of hydrogen-bond acceptors (Lipinski definition) is 1. The number of aromatic amines is 1. The monoisotopic (exact) mass is 225 g/mol. The highest BCUT2D eigenvalue weighted by atomic mass is 19.2. The van der Waals surface area contributed by atoms with Gasteiger partial charge in [-0.3, -0.25) is 4.79 Å². The summed E-state index contributed by atoms with van der Waals surface area (Å²) in [5.41, 5.74) is 0.866. The van der Waals surface area contributed by atoms with Gasteiger partial charge in [0.1, 0.15) is 0 Å². The van der Waals surface area contributed by atoms with Gasteiger partial charge in [-0.25, -0.2) is 13.2 Å². The molecule has 2 aromatic rings. The van der Waals surface area contributed by atoms with Gasteiger partial charge in [0.25, 0.3) is 0 Å². The van der Waals surface area contributed by atoms with Gasteiger partial charge in [0.15, 0.2) is 23.2 Å². The van der Waals surface area contributed by atoms with Gasteiger partial charge in [-0.2, -0.15) is 0 Å². The Morgan fingerprint density at radius 3 is 2.62 bits per heavy atom. The second-order valence-corrected chi connectivity index (χ2v) is 3.81. The zero-order valence-electron chi connectivity index (χ0n) is 8.03. The first kappa shape index (κ1) is 9.45. The molecule has 82 valence electrons. The molecule has 5 heteroatoms. The number of Topliss-reactive ketones (excluding diaryl/α,β-unsaturated/α-hetero) is 1. The van der Waals surface area contributed by atoms with E-state index < -0.39 is 17.5 Å². The topological polar surface area (TPSA) is 32.9 Å². The minimum Gasteiger partial charge on any atom is -0.358 e. The van der Waals surface area contributed by atoms with Crippen molar-refractivity contribution >= 4 is 16.7 Å². The summed E-state index contributed by atoms with van der Waals surface area (Å²) in [7, 11) is 0. The summed E-state index contributed by atoms with van der Waals surface area (Å²) in [4.78, 5) is 14.2. The van der Waals surface area contributed by atoms with E-state index in [2.05, 4.69) is 4.98 Å². The predicted molar refractivity (Wildman–Crippen MR) is 50.8 cm³/mol. The predicted octanol–water partition coefficient (Wildman–Crippen LogP) is 2.71. The maximum atomic E-state index is 13.5. The molecule has 0 radical (unpaired) electrons. The molecule has 0 bridgehead atoms. The molecule has 0 spiro atoms. The fourth-order valence-electron chi connectivity index (χ4n) is 2.17. The van der Waals surface area contributed by atoms with Crippen LogP contribution in [0.3, 0.4) is 0 Å². The molecule has 1 heterocycles. The summed E-state index contributed by atoms with van der Waals surface area (Å²) < 4.78 is 39.5. The van der Waals surface area contributed by atoms with E-state index in [0.29, 0.717) is 12.1 Å². The van der Waals surface area contributed by atoms with Crippen LogP contribution in [0.2, 0.25) is 0 Å². The van der Waals surface area contributed by atoms with Gasteiger partial charge in [0.2, 0.25) is 0 Å². The number of fused-ring (bicyclic) bond motifs is 3. The number of H-pyrrole nitrogens is 1. The fourth-order valence-corrected chi connectivity index (χ4v) is 2.17. The number of carbonyl (C=O) groups excluding carboxylic acids is 1. The van der Waals surface area contributed by atoms with Gasteiger partial charge in [0, 0.05) is 29.1 Å². The Morgan fingerprint density at radius 1 is 1.12 bits per heavy atom. The van der Waals surface area contributed by atoms with Crippen LogP contribution in [0.4, 0.5) is 13.2 Å². The third-order valence-corrected chi connectivity index (χ3v) is 2.88. The molecule has 0 amide bonds. The Bertz CT molecular complexity index is 630. The molecule has 0 unspecified atom stereocenters. The summed E-state index contributed by atoms with van der Waals surface area (Å²) in [5, 5.41) is -0.128. The zero-order valence-corrected chi connectivity index (χ0v) is 8.03. The molecule has 3 rings (SSSR count). The molecule has 1 aliphatic carbocycles. The van der Waals surface area contributed by atoms with Crippen LogP contribution in [0.15, 0.2) is 6.07 Å². The number of halogens is 3. The van der Waals surface area contributed by atoms with Crippen molar-refractivity contribution in [1.29, 1.82) is 0 Å². The Labute approximate surface area is 88.1 Å². The van der Waals surface area contributed by atoms with Crippen LogP contribution >= 0.6 is 0 Å². The summed E-state index contributed by atoms with van der Waals surface area (Å²) >= 11 is 0. The average Bonchev–Trinajstić information content (AvgIpc) is 2.76. The third-order valence-electron chi connectivity index (χ3n) is 2.88. The fraction of sp³-hybridized carbons (Fsp3) is 0.182. The van der Waals surface area contributed by atoms with Crippen LogP contribution in [-0.4, -0.2) is 10.8 Å². The number of nitrogens with one attached hydrogen (secondary N) is 1. The lowest BCUT2D eigenvalue weighted by Gasteiger charge is -1.98. The van der Waals surface area contributed by atoms with Gasteiger partial charge < -0.3 is 4.98 Å². The van der Waals surface area contributed by atoms with Crippen molar-refractivity contribution in [1.82, 2.24) is 4.98 Å². The maximum absolute atomic E-state index is 13.5. The largest absolute Gasteiger partial charge is 0.358 e. The van der Waals surface area contributed by atoms with E-state index in [0.717, 1.165) is 6.07 Å². The minimum atomic E-state index is -1.53. The van der Waals surface area contributed by atoms with Crippen molar-refractivity contribution in [3.8, 4) is 0 Å². The molecule has 0 atom stereocenters. The van der Waals surface area contributed by atoms with Crippen molar-refractivity contribution in [2.75, 3.05) is 0 Å². The van der Waals surface area contributed by atoms with Crippen molar-refractivity contribution < 1.29 is 18.0 Å². The van der Waals surface area contributed by atoms with Crippen LogP contribution < -0.4 is 0 Å². The van der Waals surface area contributed by atoms with E-state index in [9.17, 15) is 18.0 Å². The van der Waals surface area contributed by atoms with Crippen LogP contribution in [0, 0.1) is 17.5 Å². The van der Waals surface area contributed by atoms with E-state index in [1.807, 2.05) is 0 Å². The molecule has 2 nitrogen and oxygen atoms in total. The molecule has 1 aromatic carbocycles. The first-order chi connectivity index (χ1) is 7.59. The van der Waals surface area contributed by atoms with Crippen LogP contribution in [0.5, 0.6) is 0 Å². The Hall–Kier alpha value is -1.78. The molecule has 0 fully saturated rings. The lowest BCUT2D eigenvalue weighted by Crippen LogP contribution is -1.96. The van der Waals surface area contributed by atoms with Gasteiger partial charge >= 0.3 is 0 Å². The number of aryl methyl sites for hydroxylation is 1. The zero-order chi connectivity index (χ0) is 11.4. The summed E-state index contributed by atoms with van der Waals surface area (Å²) in [5.74, 6) is -4.31. The molecule has 1 N–H and O–H groups in total. The van der Waals surface area contributed by atoms with E-state index in [1.165, 1.54) is 0 Å². The SMILES string of the molecule is O=C1CCc2[nH]c3cc(F)c(F)c(F)c3c21. The molecule has 1 aromatic heterocycles. The maximum Gasteiger partial charge on any atom is 0.195 e. The highest BCUT2D eigenvalue weighted by Gasteiger charge is 2.28. The van der Waals surface area contributed by atoms with Gasteiger partial charge in [-0.05, 0) is 6.42 Å². The Kier molecular flexibility index (Phi) is 1.70. The van der Waals surface area contributed by atoms with Gasteiger partial charge in [-0.15, -0.1) is 0 Å². The quantitative estimate of drug-likeness (QED) is 0.687. The third kappa shape index (κ3) is 1.00. The smallest absolute Gasteiger partial charge is 0.195 e. The summed E-state index contributed by atoms with van der Waals surface area (Å²) in [6.45, 7) is 0. The summed E-state index contributed by atoms with van der Waals surface area (Å²) in [6.07, 6.45) is 0.751. The standard InChI is InChI=1S/C11H6F3NO/c12-4-3-6-9(11(14)10(4)13)8-5(15-6)1-2-7(8)16/h3,15H,1-2H2. The highest BCUT2D eigenvalue weighted by molar-refractivity contribution is 6.11. The first-order valence-electron chi connectivity index (χ1n) is 4.81. The van der Waals surface area contributed by atoms with E-state index in [-0.39, 0.29) is 28.7 Å². The number of rotatable bonds is 0. The molecular weight excluding hydrogens is 219 g/mol. The number of benzene rings is 1. The number of hydrogen-bond donors (Lipinski definition) is 1. The molecule has 0 aliphatic heterocycles. The van der Waals surface area contributed by atoms with Crippen LogP contribution in [-0.2, 0) is 6.42 Å². The molecule has 16 heavy (non-hydrogen) atoms. The van der Waals surface area contributed by atoms with Gasteiger partial charge in [-0.1, -0.05) is 0 Å². The van der Waals surface area contributed by atoms with Crippen LogP contribution in [0.25, 0.3) is 10.9 Å². The highest BCUT2D eigenvalue weighted by Crippen LogP contribution is 2.33. The van der Waals surface area contributed by atoms with Crippen molar-refractivity contribution in [3.05, 3.63) is 34.8 Å². The molecule has 0 saturated carbocycles. The number of ketones is 1. The lowest BCUT2D eigenvalue weighted by atomic mass is 10.1. The molecular formula is C11H6F3NO. The van der Waals surface area contributed by atoms with Crippen molar-refractivity contribution in [2.45, 2.75) is 12.8 Å². The normalized spacial score (nSPS) is 14.8. The number of aromatic nitrogens is 1. The van der Waals surface area contributed by atoms with Gasteiger partial charge in [0.05, 0.1) is 5.52 Å². The minimum absolute atomic E-state index is 0.128. The average molecular weight is 225 g/mol. The van der Waals surface area contributed by atoms with E-state index in [1.54, 1.807) is 0 Å². The van der Waals surface area contributed by atoms with Crippen LogP contribution in [0.1, 0.15) is 22.5 Å². The Balaban J connectivity index is 2.49. The molecule has 1 aliphatic rings. The molecule has 0 saturated heterocycles. The summed E-state index contributed by atoms with van der Waals surface area (Å²) in [6, 6.07) is 0.874.